The van der Waals surface area contributed by atoms with E-state index in [9.17, 15) is 19.5 Å². The number of ether oxygens (including phenoxy) is 1. The number of thioether (sulfide) groups is 1. The van der Waals surface area contributed by atoms with Crippen molar-refractivity contribution in [1.29, 1.82) is 0 Å². The first-order valence-electron chi connectivity index (χ1n) is 13.4. The van der Waals surface area contributed by atoms with Gasteiger partial charge in [0.2, 0.25) is 5.91 Å². The van der Waals surface area contributed by atoms with E-state index in [2.05, 4.69) is 0 Å². The summed E-state index contributed by atoms with van der Waals surface area (Å²) in [6.45, 7) is 4.23. The van der Waals surface area contributed by atoms with Crippen molar-refractivity contribution in [2.45, 2.75) is 42.3 Å². The second-order valence-electron chi connectivity index (χ2n) is 10.7. The molecule has 8 heteroatoms. The Morgan fingerprint density at radius 2 is 1.77 bits per heavy atom. The van der Waals surface area contributed by atoms with Gasteiger partial charge in [-0.25, -0.2) is 0 Å². The van der Waals surface area contributed by atoms with Crippen LogP contribution in [0, 0.1) is 25.7 Å². The number of likely N-dealkylation sites (tertiary alicyclic amines) is 1. The van der Waals surface area contributed by atoms with Crippen LogP contribution in [0.3, 0.4) is 0 Å². The lowest BCUT2D eigenvalue weighted by Crippen LogP contribution is -2.54. The normalized spacial score (nSPS) is 30.7. The number of hydrogen-bond acceptors (Lipinski definition) is 6. The molecule has 2 amide bonds. The van der Waals surface area contributed by atoms with Crippen LogP contribution >= 0.6 is 11.8 Å². The molecule has 2 saturated heterocycles. The molecule has 39 heavy (non-hydrogen) atoms. The number of fused-ring (bicyclic) bond motifs is 2. The molecule has 7 nitrogen and oxygen atoms in total. The number of cyclic esters (lactones) is 1. The number of aliphatic hydroxyl groups is 1. The van der Waals surface area contributed by atoms with Crippen LogP contribution in [0.25, 0.3) is 0 Å². The number of aliphatic hydroxyl groups excluding tert-OH is 1. The summed E-state index contributed by atoms with van der Waals surface area (Å²) in [4.78, 5) is 46.0. The molecule has 1 unspecified atom stereocenters. The number of hydrogen-bond donors (Lipinski definition) is 1. The molecule has 0 bridgehead atoms. The average Bonchev–Trinajstić information content (AvgIpc) is 3.30. The fourth-order valence-corrected chi connectivity index (χ4v) is 8.83. The summed E-state index contributed by atoms with van der Waals surface area (Å²) in [5.74, 6) is -2.41. The number of nitrogens with zero attached hydrogens (tertiary/aromatic N) is 2. The largest absolute Gasteiger partial charge is 0.465 e. The highest BCUT2D eigenvalue weighted by Crippen LogP contribution is 2.62. The van der Waals surface area contributed by atoms with Crippen molar-refractivity contribution in [1.82, 2.24) is 4.90 Å². The molecule has 6 rings (SSSR count). The van der Waals surface area contributed by atoms with Gasteiger partial charge in [0, 0.05) is 17.5 Å². The Kier molecular flexibility index (Phi) is 6.63. The maximum Gasteiger partial charge on any atom is 0.311 e. The summed E-state index contributed by atoms with van der Waals surface area (Å²) < 4.78 is 4.59. The maximum atomic E-state index is 14.8. The smallest absolute Gasteiger partial charge is 0.311 e. The van der Waals surface area contributed by atoms with E-state index in [1.165, 1.54) is 11.8 Å². The highest BCUT2D eigenvalue weighted by atomic mass is 32.2. The van der Waals surface area contributed by atoms with Crippen LogP contribution in [0.5, 0.6) is 0 Å². The quantitative estimate of drug-likeness (QED) is 0.466. The van der Waals surface area contributed by atoms with Crippen LogP contribution in [0.15, 0.2) is 72.8 Å². The van der Waals surface area contributed by atoms with E-state index < -0.39 is 34.6 Å². The molecule has 0 radical (unpaired) electrons. The van der Waals surface area contributed by atoms with Gasteiger partial charge in [0.15, 0.2) is 0 Å². The van der Waals surface area contributed by atoms with Crippen molar-refractivity contribution in [3.8, 4) is 0 Å². The molecule has 4 aliphatic heterocycles. The topological polar surface area (TPSA) is 87.2 Å². The van der Waals surface area contributed by atoms with Gasteiger partial charge in [0.1, 0.15) is 6.04 Å². The van der Waals surface area contributed by atoms with E-state index in [4.69, 9.17) is 4.74 Å². The van der Waals surface area contributed by atoms with Gasteiger partial charge in [-0.1, -0.05) is 72.8 Å². The van der Waals surface area contributed by atoms with Crippen molar-refractivity contribution in [2.75, 3.05) is 24.7 Å². The standard InChI is InChI=1S/C31H32N2O5S/c1-19-10-8-11-20(2)26(19)32-16-9-15-31-25(24-23(39-31)14-6-7-17-38-30(24)37)28(35)33(27(31)29(32)36)22(18-34)21-12-4-3-5-13-21/h3-6,8-15,22-25,27,34H,7,16-18H2,1-2H3/t22-,23+,24-,25+,27?,31+/m1/s1. The Morgan fingerprint density at radius 1 is 1.03 bits per heavy atom. The molecule has 0 aromatic heterocycles. The monoisotopic (exact) mass is 544 g/mol. The molecular weight excluding hydrogens is 512 g/mol. The van der Waals surface area contributed by atoms with E-state index >= 15 is 0 Å². The van der Waals surface area contributed by atoms with Gasteiger partial charge >= 0.3 is 5.97 Å². The van der Waals surface area contributed by atoms with Crippen LogP contribution in [0.2, 0.25) is 0 Å². The number of para-hydroxylation sites is 1. The molecule has 2 aromatic carbocycles. The van der Waals surface area contributed by atoms with Crippen LogP contribution < -0.4 is 4.90 Å². The second kappa shape index (κ2) is 9.99. The molecule has 2 aromatic rings. The average molecular weight is 545 g/mol. The molecule has 202 valence electrons. The summed E-state index contributed by atoms with van der Waals surface area (Å²) in [5.41, 5.74) is 3.50. The Morgan fingerprint density at radius 3 is 2.49 bits per heavy atom. The van der Waals surface area contributed by atoms with Crippen molar-refractivity contribution in [3.05, 3.63) is 89.5 Å². The number of anilines is 1. The van der Waals surface area contributed by atoms with E-state index in [1.54, 1.807) is 9.80 Å². The van der Waals surface area contributed by atoms with Crippen molar-refractivity contribution in [3.63, 3.8) is 0 Å². The van der Waals surface area contributed by atoms with E-state index in [0.717, 1.165) is 22.4 Å². The highest BCUT2D eigenvalue weighted by molar-refractivity contribution is 8.02. The van der Waals surface area contributed by atoms with Gasteiger partial charge in [-0.15, -0.1) is 11.8 Å². The zero-order valence-electron chi connectivity index (χ0n) is 22.0. The molecule has 2 fully saturated rings. The predicted octanol–water partition coefficient (Wildman–Crippen LogP) is 3.74. The van der Waals surface area contributed by atoms with Crippen molar-refractivity contribution in [2.24, 2.45) is 11.8 Å². The number of rotatable bonds is 4. The summed E-state index contributed by atoms with van der Waals surface area (Å²) >= 11 is 1.51. The lowest BCUT2D eigenvalue weighted by atomic mass is 9.78. The number of aryl methyl sites for hydroxylation is 2. The Labute approximate surface area is 232 Å². The predicted molar refractivity (Wildman–Crippen MR) is 150 cm³/mol. The SMILES string of the molecule is Cc1cccc(C)c1N1CC=C[C@]23S[C@H]4C=CCCOC(=O)[C@H]4[C@H]2C(=O)N([C@H](CO)c2ccccc2)C3C1=O. The van der Waals surface area contributed by atoms with Crippen LogP contribution in [-0.4, -0.2) is 63.6 Å². The van der Waals surface area contributed by atoms with E-state index in [0.29, 0.717) is 13.0 Å². The number of amides is 2. The van der Waals surface area contributed by atoms with Crippen LogP contribution in [0.4, 0.5) is 5.69 Å². The Bertz CT molecular complexity index is 1350. The summed E-state index contributed by atoms with van der Waals surface area (Å²) in [5, 5.41) is 10.4. The lowest BCUT2D eigenvalue weighted by Gasteiger charge is -2.39. The maximum absolute atomic E-state index is 14.8. The minimum Gasteiger partial charge on any atom is -0.465 e. The van der Waals surface area contributed by atoms with Crippen LogP contribution in [-0.2, 0) is 19.1 Å². The Hall–Kier alpha value is -3.36. The number of benzene rings is 2. The molecule has 4 aliphatic rings. The molecule has 6 atom stereocenters. The minimum absolute atomic E-state index is 0.207. The molecule has 1 N–H and O–H groups in total. The van der Waals surface area contributed by atoms with Gasteiger partial charge in [-0.2, -0.15) is 0 Å². The zero-order chi connectivity index (χ0) is 27.3. The summed E-state index contributed by atoms with van der Waals surface area (Å²) in [7, 11) is 0. The van der Waals surface area contributed by atoms with E-state index in [1.807, 2.05) is 86.7 Å². The number of carbonyl (C=O) groups is 3. The zero-order valence-corrected chi connectivity index (χ0v) is 22.8. The second-order valence-corrected chi connectivity index (χ2v) is 12.2. The van der Waals surface area contributed by atoms with Gasteiger partial charge in [-0.3, -0.25) is 14.4 Å². The third kappa shape index (κ3) is 3.95. The molecule has 4 heterocycles. The third-order valence-corrected chi connectivity index (χ3v) is 10.2. The van der Waals surface area contributed by atoms with Gasteiger partial charge in [0.25, 0.3) is 5.91 Å². The van der Waals surface area contributed by atoms with E-state index in [-0.39, 0.29) is 30.3 Å². The number of carbonyl (C=O) groups excluding carboxylic acids is 3. The molecular formula is C31H32N2O5S. The van der Waals surface area contributed by atoms with Gasteiger partial charge in [0.05, 0.1) is 35.8 Å². The third-order valence-electron chi connectivity index (χ3n) is 8.46. The first kappa shape index (κ1) is 25.9. The molecule has 1 spiro atoms. The van der Waals surface area contributed by atoms with Gasteiger partial charge in [-0.05, 0) is 37.0 Å². The minimum atomic E-state index is -0.981. The summed E-state index contributed by atoms with van der Waals surface area (Å²) in [6, 6.07) is 13.6. The molecule has 0 saturated carbocycles. The van der Waals surface area contributed by atoms with Crippen molar-refractivity contribution >= 4 is 35.2 Å². The Balaban J connectivity index is 1.54. The van der Waals surface area contributed by atoms with Crippen molar-refractivity contribution < 1.29 is 24.2 Å². The molecule has 0 aliphatic carbocycles. The highest BCUT2D eigenvalue weighted by Gasteiger charge is 2.72. The fraction of sp³-hybridized carbons (Fsp3) is 0.387. The van der Waals surface area contributed by atoms with Gasteiger partial charge < -0.3 is 19.6 Å². The lowest BCUT2D eigenvalue weighted by molar-refractivity contribution is -0.153. The number of esters is 1. The fourth-order valence-electron chi connectivity index (χ4n) is 6.84. The van der Waals surface area contributed by atoms with Crippen LogP contribution in [0.1, 0.15) is 29.2 Å². The first-order valence-corrected chi connectivity index (χ1v) is 14.3. The summed E-state index contributed by atoms with van der Waals surface area (Å²) in [6.07, 6.45) is 8.57. The first-order chi connectivity index (χ1) is 18.9.